The van der Waals surface area contributed by atoms with Crippen LogP contribution in [0.1, 0.15) is 11.1 Å². The molecule has 0 spiro atoms. The maximum Gasteiger partial charge on any atom is 0.0459 e. The van der Waals surface area contributed by atoms with Crippen molar-refractivity contribution < 1.29 is 0 Å². The summed E-state index contributed by atoms with van der Waals surface area (Å²) < 4.78 is 0. The molecule has 106 valence electrons. The van der Waals surface area contributed by atoms with Gasteiger partial charge in [0.1, 0.15) is 0 Å². The molecule has 0 atom stereocenters. The number of nitrogens with two attached hydrogens (primary N) is 1. The van der Waals surface area contributed by atoms with E-state index in [4.69, 9.17) is 28.9 Å². The molecule has 0 unspecified atom stereocenters. The summed E-state index contributed by atoms with van der Waals surface area (Å²) in [5, 5.41) is 1.53. The number of hydrogen-bond acceptors (Lipinski definition) is 2. The van der Waals surface area contributed by atoms with Gasteiger partial charge < -0.3 is 10.6 Å². The van der Waals surface area contributed by atoms with E-state index in [1.165, 1.54) is 5.56 Å². The van der Waals surface area contributed by atoms with Gasteiger partial charge in [0.15, 0.2) is 0 Å². The number of rotatable bonds is 5. The van der Waals surface area contributed by atoms with Gasteiger partial charge in [0.05, 0.1) is 0 Å². The molecule has 0 amide bonds. The molecule has 2 aromatic carbocycles. The third-order valence-corrected chi connectivity index (χ3v) is 3.84. The Bertz CT molecular complexity index is 567. The molecule has 0 aliphatic carbocycles. The molecule has 20 heavy (non-hydrogen) atoms. The molecule has 0 saturated heterocycles. The molecule has 0 radical (unpaired) electrons. The normalized spacial score (nSPS) is 10.6. The molecule has 2 rings (SSSR count). The third-order valence-electron chi connectivity index (χ3n) is 3.23. The van der Waals surface area contributed by atoms with E-state index < -0.39 is 0 Å². The Balaban J connectivity index is 2.22. The van der Waals surface area contributed by atoms with Gasteiger partial charge in [0.2, 0.25) is 0 Å². The zero-order valence-corrected chi connectivity index (χ0v) is 13.0. The Morgan fingerprint density at radius 1 is 1.05 bits per heavy atom. The fraction of sp³-hybridized carbons (Fsp3) is 0.250. The van der Waals surface area contributed by atoms with Gasteiger partial charge in [-0.05, 0) is 48.4 Å². The average molecular weight is 309 g/mol. The molecule has 0 saturated carbocycles. The maximum absolute atomic E-state index is 6.28. The van der Waals surface area contributed by atoms with Crippen LogP contribution in [0.5, 0.6) is 0 Å². The first-order valence-corrected chi connectivity index (χ1v) is 7.30. The molecule has 0 aromatic heterocycles. The minimum absolute atomic E-state index is 0.589. The molecular formula is C16H18Cl2N2. The number of nitrogens with zero attached hydrogens (tertiary/aromatic N) is 1. The van der Waals surface area contributed by atoms with E-state index in [9.17, 15) is 0 Å². The Morgan fingerprint density at radius 3 is 2.40 bits per heavy atom. The summed E-state index contributed by atoms with van der Waals surface area (Å²) in [5.74, 6) is 0. The van der Waals surface area contributed by atoms with Crippen molar-refractivity contribution in [2.75, 3.05) is 18.5 Å². The topological polar surface area (TPSA) is 29.3 Å². The quantitative estimate of drug-likeness (QED) is 0.900. The van der Waals surface area contributed by atoms with Crippen molar-refractivity contribution in [3.8, 4) is 0 Å². The largest absolute Gasteiger partial charge is 0.370 e. The zero-order chi connectivity index (χ0) is 14.5. The van der Waals surface area contributed by atoms with Gasteiger partial charge in [-0.25, -0.2) is 0 Å². The fourth-order valence-corrected chi connectivity index (χ4v) is 2.64. The highest BCUT2D eigenvalue weighted by molar-refractivity contribution is 6.31. The lowest BCUT2D eigenvalue weighted by Crippen LogP contribution is -2.19. The van der Waals surface area contributed by atoms with Crippen LogP contribution in [0.2, 0.25) is 10.0 Å². The minimum Gasteiger partial charge on any atom is -0.370 e. The lowest BCUT2D eigenvalue weighted by Gasteiger charge is -2.23. The van der Waals surface area contributed by atoms with Crippen LogP contribution in [0.4, 0.5) is 5.69 Å². The minimum atomic E-state index is 0.589. The van der Waals surface area contributed by atoms with Crippen LogP contribution in [0.3, 0.4) is 0 Å². The summed E-state index contributed by atoms with van der Waals surface area (Å²) in [5.41, 5.74) is 9.11. The standard InChI is InChI=1S/C16H18Cl2N2/c1-20(11-12-5-7-13(17)8-6-12)16-4-2-3-15(18)14(16)9-10-19/h2-8H,9-11,19H2,1H3. The van der Waals surface area contributed by atoms with Crippen LogP contribution in [-0.2, 0) is 13.0 Å². The second-order valence-electron chi connectivity index (χ2n) is 4.76. The van der Waals surface area contributed by atoms with Crippen molar-refractivity contribution in [1.82, 2.24) is 0 Å². The van der Waals surface area contributed by atoms with E-state index in [0.29, 0.717) is 6.54 Å². The monoisotopic (exact) mass is 308 g/mol. The Hall–Kier alpha value is -1.22. The molecule has 2 N–H and O–H groups in total. The number of benzene rings is 2. The SMILES string of the molecule is CN(Cc1ccc(Cl)cc1)c1cccc(Cl)c1CCN. The Morgan fingerprint density at radius 2 is 1.75 bits per heavy atom. The lowest BCUT2D eigenvalue weighted by molar-refractivity contribution is 0.893. The highest BCUT2D eigenvalue weighted by atomic mass is 35.5. The first-order valence-electron chi connectivity index (χ1n) is 6.55. The average Bonchev–Trinajstić information content (AvgIpc) is 2.43. The van der Waals surface area contributed by atoms with Crippen molar-refractivity contribution in [3.63, 3.8) is 0 Å². The van der Waals surface area contributed by atoms with Crippen LogP contribution < -0.4 is 10.6 Å². The van der Waals surface area contributed by atoms with Crippen molar-refractivity contribution in [2.45, 2.75) is 13.0 Å². The number of hydrogen-bond donors (Lipinski definition) is 1. The molecule has 0 bridgehead atoms. The van der Waals surface area contributed by atoms with E-state index in [1.54, 1.807) is 0 Å². The first-order chi connectivity index (χ1) is 9.61. The number of anilines is 1. The first kappa shape index (κ1) is 15.2. The van der Waals surface area contributed by atoms with Crippen molar-refractivity contribution >= 4 is 28.9 Å². The van der Waals surface area contributed by atoms with Crippen LogP contribution in [0, 0.1) is 0 Å². The number of halogens is 2. The molecule has 2 aromatic rings. The van der Waals surface area contributed by atoms with Gasteiger partial charge in [-0.15, -0.1) is 0 Å². The molecule has 2 nitrogen and oxygen atoms in total. The molecule has 4 heteroatoms. The van der Waals surface area contributed by atoms with Gasteiger partial charge >= 0.3 is 0 Å². The highest BCUT2D eigenvalue weighted by Gasteiger charge is 2.10. The molecule has 0 aliphatic heterocycles. The maximum atomic E-state index is 6.28. The third kappa shape index (κ3) is 3.66. The van der Waals surface area contributed by atoms with Gasteiger partial charge in [-0.3, -0.25) is 0 Å². The summed E-state index contributed by atoms with van der Waals surface area (Å²) in [6.45, 7) is 1.39. The predicted octanol–water partition coefficient (Wildman–Crippen LogP) is 4.13. The summed E-state index contributed by atoms with van der Waals surface area (Å²) in [6, 6.07) is 13.8. The van der Waals surface area contributed by atoms with E-state index in [0.717, 1.165) is 34.3 Å². The zero-order valence-electron chi connectivity index (χ0n) is 11.4. The van der Waals surface area contributed by atoms with E-state index in [1.807, 2.05) is 36.4 Å². The molecular weight excluding hydrogens is 291 g/mol. The van der Waals surface area contributed by atoms with Crippen molar-refractivity contribution in [3.05, 3.63) is 63.6 Å². The predicted molar refractivity (Wildman–Crippen MR) is 87.8 cm³/mol. The molecule has 0 heterocycles. The van der Waals surface area contributed by atoms with E-state index >= 15 is 0 Å². The van der Waals surface area contributed by atoms with Gasteiger partial charge in [-0.1, -0.05) is 41.4 Å². The smallest absolute Gasteiger partial charge is 0.0459 e. The van der Waals surface area contributed by atoms with Gasteiger partial charge in [-0.2, -0.15) is 0 Å². The van der Waals surface area contributed by atoms with Gasteiger partial charge in [0, 0.05) is 29.3 Å². The van der Waals surface area contributed by atoms with E-state index in [-0.39, 0.29) is 0 Å². The van der Waals surface area contributed by atoms with Crippen LogP contribution >= 0.6 is 23.2 Å². The summed E-state index contributed by atoms with van der Waals surface area (Å²) in [7, 11) is 2.06. The van der Waals surface area contributed by atoms with Gasteiger partial charge in [0.25, 0.3) is 0 Å². The molecule has 0 fully saturated rings. The lowest BCUT2D eigenvalue weighted by atomic mass is 10.1. The second kappa shape index (κ2) is 6.98. The summed E-state index contributed by atoms with van der Waals surface area (Å²) in [4.78, 5) is 2.18. The Labute approximate surface area is 130 Å². The highest BCUT2D eigenvalue weighted by Crippen LogP contribution is 2.28. The molecule has 0 aliphatic rings. The summed E-state index contributed by atoms with van der Waals surface area (Å²) in [6.07, 6.45) is 0.778. The van der Waals surface area contributed by atoms with Crippen molar-refractivity contribution in [1.29, 1.82) is 0 Å². The Kier molecular flexibility index (Phi) is 5.30. The second-order valence-corrected chi connectivity index (χ2v) is 5.60. The van der Waals surface area contributed by atoms with E-state index in [2.05, 4.69) is 18.0 Å². The van der Waals surface area contributed by atoms with Crippen LogP contribution in [0.25, 0.3) is 0 Å². The summed E-state index contributed by atoms with van der Waals surface area (Å²) >= 11 is 12.2. The van der Waals surface area contributed by atoms with Crippen LogP contribution in [0.15, 0.2) is 42.5 Å². The van der Waals surface area contributed by atoms with Crippen LogP contribution in [-0.4, -0.2) is 13.6 Å². The fourth-order valence-electron chi connectivity index (χ4n) is 2.25. The van der Waals surface area contributed by atoms with Crippen molar-refractivity contribution in [2.24, 2.45) is 5.73 Å².